The van der Waals surface area contributed by atoms with Crippen LogP contribution in [0.4, 0.5) is 24.8 Å². The Balaban J connectivity index is 1.35. The summed E-state index contributed by atoms with van der Waals surface area (Å²) >= 11 is 0. The Morgan fingerprint density at radius 3 is 2.41 bits per heavy atom. The van der Waals surface area contributed by atoms with Crippen molar-refractivity contribution >= 4 is 11.6 Å². The maximum atomic E-state index is 13.6. The summed E-state index contributed by atoms with van der Waals surface area (Å²) in [5.41, 5.74) is 0.784. The predicted molar refractivity (Wildman–Crippen MR) is 116 cm³/mol. The number of rotatable bonds is 3. The van der Waals surface area contributed by atoms with E-state index in [2.05, 4.69) is 33.7 Å². The van der Waals surface area contributed by atoms with Gasteiger partial charge in [-0.2, -0.15) is 13.2 Å². The topological polar surface area (TPSA) is 56.8 Å². The van der Waals surface area contributed by atoms with Crippen LogP contribution in [0.3, 0.4) is 0 Å². The van der Waals surface area contributed by atoms with Crippen LogP contribution in [0.15, 0.2) is 18.2 Å². The molecule has 5 heterocycles. The Morgan fingerprint density at radius 1 is 1.12 bits per heavy atom. The monoisotopic (exact) mass is 452 g/mol. The molecule has 0 aromatic carbocycles. The van der Waals surface area contributed by atoms with Gasteiger partial charge in [0.25, 0.3) is 0 Å². The minimum Gasteiger partial charge on any atom is -0.370 e. The van der Waals surface area contributed by atoms with E-state index < -0.39 is 12.0 Å². The van der Waals surface area contributed by atoms with Gasteiger partial charge < -0.3 is 19.9 Å². The van der Waals surface area contributed by atoms with E-state index in [1.807, 2.05) is 9.80 Å². The molecular weight excluding hydrogens is 421 g/mol. The normalized spacial score (nSPS) is 28.9. The molecule has 0 bridgehead atoms. The van der Waals surface area contributed by atoms with Gasteiger partial charge in [0, 0.05) is 64.0 Å². The first-order valence-corrected chi connectivity index (χ1v) is 11.5. The van der Waals surface area contributed by atoms with E-state index in [1.54, 1.807) is 6.07 Å². The average molecular weight is 453 g/mol. The summed E-state index contributed by atoms with van der Waals surface area (Å²) in [4.78, 5) is 14.2. The highest BCUT2D eigenvalue weighted by molar-refractivity contribution is 5.54. The van der Waals surface area contributed by atoms with Crippen molar-refractivity contribution in [1.82, 2.24) is 20.2 Å². The van der Waals surface area contributed by atoms with E-state index >= 15 is 0 Å². The zero-order valence-electron chi connectivity index (χ0n) is 18.5. The molecular formula is C22H31F3N6O. The first-order chi connectivity index (χ1) is 15.3. The van der Waals surface area contributed by atoms with Crippen LogP contribution >= 0.6 is 0 Å². The van der Waals surface area contributed by atoms with Crippen molar-refractivity contribution < 1.29 is 17.9 Å². The van der Waals surface area contributed by atoms with E-state index in [-0.39, 0.29) is 11.6 Å². The van der Waals surface area contributed by atoms with Crippen molar-refractivity contribution in [1.29, 1.82) is 0 Å². The SMILES string of the molecule is C=C1CCOC12CCN(c1cc(N3C[C@@H](N4CCNCC4)[C@H]3C)nc(C(F)(F)F)n1)CC2. The number of hydrogen-bond donors (Lipinski definition) is 1. The molecule has 4 saturated heterocycles. The number of piperazine rings is 1. The van der Waals surface area contributed by atoms with E-state index in [0.717, 1.165) is 51.0 Å². The van der Waals surface area contributed by atoms with Gasteiger partial charge in [-0.1, -0.05) is 6.58 Å². The first kappa shape index (κ1) is 21.9. The maximum absolute atomic E-state index is 13.6. The zero-order valence-corrected chi connectivity index (χ0v) is 18.5. The first-order valence-electron chi connectivity index (χ1n) is 11.5. The molecule has 0 amide bonds. The van der Waals surface area contributed by atoms with Crippen molar-refractivity contribution in [2.24, 2.45) is 0 Å². The van der Waals surface area contributed by atoms with Gasteiger partial charge in [0.1, 0.15) is 11.6 Å². The molecule has 1 aromatic rings. The summed E-state index contributed by atoms with van der Waals surface area (Å²) in [6, 6.07) is 2.17. The van der Waals surface area contributed by atoms with Gasteiger partial charge in [-0.05, 0) is 31.8 Å². The fraction of sp³-hybridized carbons (Fsp3) is 0.727. The summed E-state index contributed by atoms with van der Waals surface area (Å²) in [5, 5.41) is 3.34. The smallest absolute Gasteiger partial charge is 0.370 e. The lowest BCUT2D eigenvalue weighted by molar-refractivity contribution is -0.144. The fourth-order valence-electron chi connectivity index (χ4n) is 5.48. The number of nitrogens with one attached hydrogen (secondary N) is 1. The molecule has 4 aliphatic rings. The minimum absolute atomic E-state index is 0.108. The Hall–Kier alpha value is -1.91. The van der Waals surface area contributed by atoms with Crippen LogP contribution in [0.25, 0.3) is 0 Å². The predicted octanol–water partition coefficient (Wildman–Crippen LogP) is 2.29. The molecule has 32 heavy (non-hydrogen) atoms. The number of piperidine rings is 1. The largest absolute Gasteiger partial charge is 0.451 e. The van der Waals surface area contributed by atoms with E-state index in [4.69, 9.17) is 4.74 Å². The Bertz CT molecular complexity index is 864. The molecule has 0 radical (unpaired) electrons. The lowest BCUT2D eigenvalue weighted by Gasteiger charge is -2.53. The molecule has 1 N–H and O–H groups in total. The van der Waals surface area contributed by atoms with Crippen molar-refractivity contribution in [2.45, 2.75) is 50.0 Å². The number of halogens is 3. The van der Waals surface area contributed by atoms with E-state index in [1.165, 1.54) is 0 Å². The van der Waals surface area contributed by atoms with Crippen molar-refractivity contribution in [2.75, 3.05) is 62.2 Å². The minimum atomic E-state index is -4.59. The summed E-state index contributed by atoms with van der Waals surface area (Å²) in [7, 11) is 0. The average Bonchev–Trinajstić information content (AvgIpc) is 3.12. The number of alkyl halides is 3. The second kappa shape index (κ2) is 8.14. The van der Waals surface area contributed by atoms with Gasteiger partial charge in [-0.15, -0.1) is 0 Å². The van der Waals surface area contributed by atoms with Crippen LogP contribution < -0.4 is 15.1 Å². The molecule has 2 atom stereocenters. The van der Waals surface area contributed by atoms with Crippen LogP contribution in [0.2, 0.25) is 0 Å². The second-order valence-corrected chi connectivity index (χ2v) is 9.34. The molecule has 176 valence electrons. The standard InChI is InChI=1S/C22H31F3N6O/c1-15-3-12-32-21(15)4-8-30(9-5-21)18-13-19(28-20(27-18)22(23,24)25)31-14-17(16(31)2)29-10-6-26-7-11-29/h13,16-17,26H,1,3-12,14H2,2H3/t16-,17-/m1/s1. The quantitative estimate of drug-likeness (QED) is 0.707. The summed E-state index contributed by atoms with van der Waals surface area (Å²) in [5.74, 6) is -0.355. The maximum Gasteiger partial charge on any atom is 0.451 e. The Morgan fingerprint density at radius 2 is 1.81 bits per heavy atom. The van der Waals surface area contributed by atoms with Crippen LogP contribution in [-0.2, 0) is 10.9 Å². The molecule has 0 saturated carbocycles. The van der Waals surface area contributed by atoms with Gasteiger partial charge in [0.2, 0.25) is 5.82 Å². The van der Waals surface area contributed by atoms with E-state index in [9.17, 15) is 13.2 Å². The van der Waals surface area contributed by atoms with E-state index in [0.29, 0.717) is 43.9 Å². The van der Waals surface area contributed by atoms with Crippen LogP contribution in [-0.4, -0.2) is 85.0 Å². The fourth-order valence-corrected chi connectivity index (χ4v) is 5.48. The third kappa shape index (κ3) is 3.86. The van der Waals surface area contributed by atoms with Crippen LogP contribution in [0.1, 0.15) is 32.0 Å². The lowest BCUT2D eigenvalue weighted by Crippen LogP contribution is -2.68. The van der Waals surface area contributed by atoms with Crippen molar-refractivity contribution in [3.63, 3.8) is 0 Å². The second-order valence-electron chi connectivity index (χ2n) is 9.34. The van der Waals surface area contributed by atoms with Gasteiger partial charge in [0.05, 0.1) is 12.2 Å². The van der Waals surface area contributed by atoms with Gasteiger partial charge >= 0.3 is 6.18 Å². The number of hydrogen-bond acceptors (Lipinski definition) is 7. The van der Waals surface area contributed by atoms with Gasteiger partial charge in [0.15, 0.2) is 0 Å². The molecule has 10 heteroatoms. The third-order valence-electron chi connectivity index (χ3n) is 7.62. The highest BCUT2D eigenvalue weighted by Crippen LogP contribution is 2.41. The molecule has 0 unspecified atom stereocenters. The number of anilines is 2. The number of ether oxygens (including phenoxy) is 1. The van der Waals surface area contributed by atoms with Crippen molar-refractivity contribution in [3.05, 3.63) is 24.0 Å². The molecule has 1 spiro atoms. The van der Waals surface area contributed by atoms with Crippen LogP contribution in [0.5, 0.6) is 0 Å². The Kier molecular flexibility index (Phi) is 5.58. The van der Waals surface area contributed by atoms with Gasteiger partial charge in [-0.3, -0.25) is 4.90 Å². The third-order valence-corrected chi connectivity index (χ3v) is 7.62. The molecule has 5 rings (SSSR count). The molecule has 7 nitrogen and oxygen atoms in total. The van der Waals surface area contributed by atoms with Crippen LogP contribution in [0, 0.1) is 0 Å². The summed E-state index contributed by atoms with van der Waals surface area (Å²) in [6.07, 6.45) is -2.29. The molecule has 0 aliphatic carbocycles. The zero-order chi connectivity index (χ0) is 22.5. The van der Waals surface area contributed by atoms with Gasteiger partial charge in [-0.25, -0.2) is 9.97 Å². The molecule has 1 aromatic heterocycles. The highest BCUT2D eigenvalue weighted by atomic mass is 19.4. The molecule has 4 fully saturated rings. The summed E-state index contributed by atoms with van der Waals surface area (Å²) in [6.45, 7) is 12.6. The highest BCUT2D eigenvalue weighted by Gasteiger charge is 2.44. The lowest BCUT2D eigenvalue weighted by atomic mass is 9.85. The summed E-state index contributed by atoms with van der Waals surface area (Å²) < 4.78 is 46.9. The number of nitrogens with zero attached hydrogens (tertiary/aromatic N) is 5. The Labute approximate surface area is 186 Å². The molecule has 4 aliphatic heterocycles. The van der Waals surface area contributed by atoms with Crippen molar-refractivity contribution in [3.8, 4) is 0 Å². The number of aromatic nitrogens is 2.